The minimum absolute atomic E-state index is 0.00209. The molecular weight excluding hydrogens is 516 g/mol. The van der Waals surface area contributed by atoms with Crippen LogP contribution in [0, 0.1) is 6.92 Å². The molecule has 1 aromatic heterocycles. The predicted molar refractivity (Wildman–Crippen MR) is 160 cm³/mol. The summed E-state index contributed by atoms with van der Waals surface area (Å²) in [5.41, 5.74) is 5.82. The van der Waals surface area contributed by atoms with Gasteiger partial charge < -0.3 is 25.6 Å². The summed E-state index contributed by atoms with van der Waals surface area (Å²) < 4.78 is 0. The van der Waals surface area contributed by atoms with Crippen molar-refractivity contribution in [2.24, 2.45) is 0 Å². The number of hydrogen-bond donors (Lipinski definition) is 4. The number of amides is 3. The summed E-state index contributed by atoms with van der Waals surface area (Å²) >= 11 is 0. The Morgan fingerprint density at radius 2 is 1.68 bits per heavy atom. The van der Waals surface area contributed by atoms with Gasteiger partial charge in [0.05, 0.1) is 6.42 Å². The van der Waals surface area contributed by atoms with Crippen LogP contribution < -0.4 is 10.6 Å². The third-order valence-corrected chi connectivity index (χ3v) is 7.66. The number of hydrogen-bond acceptors (Lipinski definition) is 4. The first-order valence-corrected chi connectivity index (χ1v) is 14.2. The van der Waals surface area contributed by atoms with Crippen molar-refractivity contribution in [1.29, 1.82) is 0 Å². The van der Waals surface area contributed by atoms with E-state index >= 15 is 0 Å². The molecule has 1 aliphatic rings. The maximum atomic E-state index is 13.5. The highest BCUT2D eigenvalue weighted by Crippen LogP contribution is 2.31. The molecule has 8 heteroatoms. The Balaban J connectivity index is 1.32. The lowest BCUT2D eigenvalue weighted by molar-refractivity contribution is -0.131. The van der Waals surface area contributed by atoms with E-state index in [2.05, 4.69) is 15.6 Å². The summed E-state index contributed by atoms with van der Waals surface area (Å²) in [5, 5.41) is 17.5. The minimum atomic E-state index is -0.206. The number of aromatic nitrogens is 1. The molecular formula is C33H36N4O4. The number of nitrogens with one attached hydrogen (secondary N) is 3. The number of H-pyrrole nitrogens is 1. The van der Waals surface area contributed by atoms with Gasteiger partial charge in [-0.05, 0) is 73.2 Å². The quantitative estimate of drug-likeness (QED) is 0.293. The van der Waals surface area contributed by atoms with Crippen LogP contribution in [0.2, 0.25) is 0 Å². The number of nitrogens with zero attached hydrogens (tertiary/aromatic N) is 1. The number of benzene rings is 3. The van der Waals surface area contributed by atoms with E-state index in [9.17, 15) is 19.5 Å². The van der Waals surface area contributed by atoms with Crippen molar-refractivity contribution in [3.63, 3.8) is 0 Å². The van der Waals surface area contributed by atoms with E-state index in [4.69, 9.17) is 0 Å². The number of aromatic hydroxyl groups is 1. The Morgan fingerprint density at radius 1 is 0.878 bits per heavy atom. The van der Waals surface area contributed by atoms with Gasteiger partial charge in [-0.1, -0.05) is 36.4 Å². The van der Waals surface area contributed by atoms with E-state index in [1.54, 1.807) is 24.3 Å². The molecule has 0 fully saturated rings. The highest BCUT2D eigenvalue weighted by molar-refractivity contribution is 5.95. The number of carbonyl (C=O) groups excluding carboxylic acids is 3. The van der Waals surface area contributed by atoms with Gasteiger partial charge in [0.2, 0.25) is 11.8 Å². The second-order valence-electron chi connectivity index (χ2n) is 10.6. The zero-order valence-electron chi connectivity index (χ0n) is 23.3. The van der Waals surface area contributed by atoms with Crippen molar-refractivity contribution in [2.45, 2.75) is 39.0 Å². The number of aryl methyl sites for hydroxylation is 1. The van der Waals surface area contributed by atoms with E-state index in [1.165, 1.54) is 0 Å². The lowest BCUT2D eigenvalue weighted by Gasteiger charge is -2.23. The molecule has 5 rings (SSSR count). The Bertz CT molecular complexity index is 1570. The standard InChI is InChI=1S/C33H36N4O4/c1-22-27(26-9-2-3-10-29(26)36-22)21-32(40)37-17-5-11-31(39)34-16-14-23-12-13-30(38)28(19-23)24-7-4-8-25(20-24)33(41)35-15-6-18-37/h2-4,7-10,12-13,19-20,36,38H,5-6,11,14-18,21H2,1H3,(H,34,39)(H,35,41). The summed E-state index contributed by atoms with van der Waals surface area (Å²) in [6, 6.07) is 20.5. The highest BCUT2D eigenvalue weighted by Gasteiger charge is 2.19. The Labute approximate surface area is 239 Å². The van der Waals surface area contributed by atoms with Crippen molar-refractivity contribution in [2.75, 3.05) is 26.2 Å². The van der Waals surface area contributed by atoms with Crippen LogP contribution in [0.15, 0.2) is 66.7 Å². The summed E-state index contributed by atoms with van der Waals surface area (Å²) in [4.78, 5) is 44.2. The molecule has 4 bridgehead atoms. The number of carbonyl (C=O) groups is 3. The monoisotopic (exact) mass is 552 g/mol. The van der Waals surface area contributed by atoms with Crippen LogP contribution in [0.5, 0.6) is 5.75 Å². The van der Waals surface area contributed by atoms with E-state index in [-0.39, 0.29) is 29.9 Å². The highest BCUT2D eigenvalue weighted by atomic mass is 16.3. The zero-order chi connectivity index (χ0) is 28.8. The topological polar surface area (TPSA) is 115 Å². The van der Waals surface area contributed by atoms with Gasteiger partial charge in [-0.15, -0.1) is 0 Å². The average Bonchev–Trinajstić information content (AvgIpc) is 3.29. The molecule has 4 N–H and O–H groups in total. The molecule has 0 saturated heterocycles. The van der Waals surface area contributed by atoms with Gasteiger partial charge in [0.25, 0.3) is 5.91 Å². The zero-order valence-corrected chi connectivity index (χ0v) is 23.3. The fraction of sp³-hybridized carbons (Fsp3) is 0.303. The first kappa shape index (κ1) is 28.0. The van der Waals surface area contributed by atoms with Crippen molar-refractivity contribution < 1.29 is 19.5 Å². The number of rotatable bonds is 2. The van der Waals surface area contributed by atoms with Gasteiger partial charge in [0.15, 0.2) is 0 Å². The number of phenolic OH excluding ortho intramolecular Hbond substituents is 1. The van der Waals surface area contributed by atoms with Crippen molar-refractivity contribution in [3.05, 3.63) is 89.1 Å². The van der Waals surface area contributed by atoms with Crippen molar-refractivity contribution in [1.82, 2.24) is 20.5 Å². The smallest absolute Gasteiger partial charge is 0.251 e. The number of phenols is 1. The molecule has 212 valence electrons. The maximum Gasteiger partial charge on any atom is 0.251 e. The summed E-state index contributed by atoms with van der Waals surface area (Å²) in [6.45, 7) is 3.79. The molecule has 3 amide bonds. The van der Waals surface area contributed by atoms with Crippen LogP contribution in [0.25, 0.3) is 22.0 Å². The summed E-state index contributed by atoms with van der Waals surface area (Å²) in [6.07, 6.45) is 2.32. The lowest BCUT2D eigenvalue weighted by Crippen LogP contribution is -2.37. The fourth-order valence-electron chi connectivity index (χ4n) is 5.42. The summed E-state index contributed by atoms with van der Waals surface area (Å²) in [5.74, 6) is -0.125. The van der Waals surface area contributed by atoms with Crippen LogP contribution in [0.3, 0.4) is 0 Å². The molecule has 2 heterocycles. The second kappa shape index (κ2) is 12.7. The van der Waals surface area contributed by atoms with Gasteiger partial charge in [0, 0.05) is 60.3 Å². The van der Waals surface area contributed by atoms with E-state index in [0.29, 0.717) is 63.0 Å². The van der Waals surface area contributed by atoms with Gasteiger partial charge in [0.1, 0.15) is 5.75 Å². The SMILES string of the molecule is Cc1[nH]c2ccccc2c1CC(=O)N1CCCNC(=O)c2cccc(c2)-c2cc(ccc2O)CCNC(=O)CCC1. The Kier molecular flexibility index (Phi) is 8.67. The number of fused-ring (bicyclic) bond motifs is 6. The molecule has 0 aliphatic carbocycles. The predicted octanol–water partition coefficient (Wildman–Crippen LogP) is 4.49. The Hall–Kier alpha value is -4.59. The van der Waals surface area contributed by atoms with E-state index in [0.717, 1.165) is 33.3 Å². The van der Waals surface area contributed by atoms with E-state index < -0.39 is 0 Å². The molecule has 3 aromatic carbocycles. The normalized spacial score (nSPS) is 15.4. The largest absolute Gasteiger partial charge is 0.507 e. The van der Waals surface area contributed by atoms with Gasteiger partial charge >= 0.3 is 0 Å². The van der Waals surface area contributed by atoms with Crippen LogP contribution in [0.1, 0.15) is 46.4 Å². The summed E-state index contributed by atoms with van der Waals surface area (Å²) in [7, 11) is 0. The van der Waals surface area contributed by atoms with Crippen molar-refractivity contribution in [3.8, 4) is 16.9 Å². The van der Waals surface area contributed by atoms with Crippen LogP contribution >= 0.6 is 0 Å². The van der Waals surface area contributed by atoms with Crippen LogP contribution in [0.4, 0.5) is 0 Å². The molecule has 0 atom stereocenters. The maximum absolute atomic E-state index is 13.5. The molecule has 0 unspecified atom stereocenters. The third-order valence-electron chi connectivity index (χ3n) is 7.66. The molecule has 0 saturated carbocycles. The molecule has 0 radical (unpaired) electrons. The van der Waals surface area contributed by atoms with Gasteiger partial charge in [-0.3, -0.25) is 14.4 Å². The second-order valence-corrected chi connectivity index (χ2v) is 10.6. The lowest BCUT2D eigenvalue weighted by atomic mass is 9.98. The molecule has 8 nitrogen and oxygen atoms in total. The molecule has 1 aliphatic heterocycles. The molecule has 41 heavy (non-hydrogen) atoms. The first-order chi connectivity index (χ1) is 19.9. The third kappa shape index (κ3) is 6.77. The fourth-order valence-corrected chi connectivity index (χ4v) is 5.42. The van der Waals surface area contributed by atoms with Crippen LogP contribution in [-0.2, 0) is 22.4 Å². The first-order valence-electron chi connectivity index (χ1n) is 14.2. The van der Waals surface area contributed by atoms with Gasteiger partial charge in [-0.2, -0.15) is 0 Å². The number of aromatic amines is 1. The minimum Gasteiger partial charge on any atom is -0.507 e. The van der Waals surface area contributed by atoms with Gasteiger partial charge in [-0.25, -0.2) is 0 Å². The number of para-hydroxylation sites is 1. The van der Waals surface area contributed by atoms with E-state index in [1.807, 2.05) is 54.3 Å². The van der Waals surface area contributed by atoms with Crippen LogP contribution in [-0.4, -0.2) is 58.9 Å². The van der Waals surface area contributed by atoms with Crippen molar-refractivity contribution >= 4 is 28.6 Å². The molecule has 4 aromatic rings. The Morgan fingerprint density at radius 3 is 2.56 bits per heavy atom. The molecule has 0 spiro atoms. The average molecular weight is 553 g/mol.